The fourth-order valence-electron chi connectivity index (χ4n) is 1.67. The Labute approximate surface area is 118 Å². The van der Waals surface area contributed by atoms with Gasteiger partial charge in [0.25, 0.3) is 5.91 Å². The Bertz CT molecular complexity index is 427. The molecule has 0 aliphatic heterocycles. The molecule has 0 fully saturated rings. The topological polar surface area (TPSA) is 63.2 Å². The van der Waals surface area contributed by atoms with Crippen molar-refractivity contribution in [3.05, 3.63) is 23.6 Å². The molecule has 6 heteroatoms. The van der Waals surface area contributed by atoms with Gasteiger partial charge in [-0.15, -0.1) is 0 Å². The van der Waals surface area contributed by atoms with Crippen molar-refractivity contribution in [3.8, 4) is 0 Å². The van der Waals surface area contributed by atoms with Crippen molar-refractivity contribution in [2.24, 2.45) is 0 Å². The minimum atomic E-state index is -0.517. The molecule has 0 unspecified atom stereocenters. The first-order valence-electron chi connectivity index (χ1n) is 6.85. The number of hydrogen-bond acceptors (Lipinski definition) is 4. The molecular formula is C14H22FN3O2. The monoisotopic (exact) mass is 283 g/mol. The predicted molar refractivity (Wildman–Crippen MR) is 76.4 cm³/mol. The summed E-state index contributed by atoms with van der Waals surface area (Å²) in [7, 11) is 1.64. The average molecular weight is 283 g/mol. The van der Waals surface area contributed by atoms with Crippen LogP contribution in [0.25, 0.3) is 0 Å². The number of carbonyl (C=O) groups is 1. The zero-order chi connectivity index (χ0) is 14.8. The first-order valence-corrected chi connectivity index (χ1v) is 6.85. The lowest BCUT2D eigenvalue weighted by molar-refractivity contribution is 0.0951. The number of amides is 1. The van der Waals surface area contributed by atoms with Gasteiger partial charge >= 0.3 is 0 Å². The first kappa shape index (κ1) is 16.4. The molecule has 1 amide bonds. The maximum atomic E-state index is 13.2. The van der Waals surface area contributed by atoms with Crippen LogP contribution in [0.15, 0.2) is 12.3 Å². The van der Waals surface area contributed by atoms with Gasteiger partial charge in [0.1, 0.15) is 11.6 Å². The molecule has 5 nitrogen and oxygen atoms in total. The molecule has 0 spiro atoms. The van der Waals surface area contributed by atoms with E-state index in [2.05, 4.69) is 15.6 Å². The van der Waals surface area contributed by atoms with Gasteiger partial charge in [-0.3, -0.25) is 4.79 Å². The highest BCUT2D eigenvalue weighted by Gasteiger charge is 2.13. The van der Waals surface area contributed by atoms with Gasteiger partial charge in [-0.25, -0.2) is 9.37 Å². The fourth-order valence-corrected chi connectivity index (χ4v) is 1.67. The van der Waals surface area contributed by atoms with Crippen molar-refractivity contribution in [2.45, 2.75) is 26.2 Å². The van der Waals surface area contributed by atoms with Crippen LogP contribution in [0.5, 0.6) is 0 Å². The van der Waals surface area contributed by atoms with E-state index in [0.29, 0.717) is 25.5 Å². The van der Waals surface area contributed by atoms with E-state index in [0.717, 1.165) is 25.5 Å². The number of ether oxygens (including phenoxy) is 1. The second kappa shape index (κ2) is 9.25. The summed E-state index contributed by atoms with van der Waals surface area (Å²) in [5, 5.41) is 5.78. The summed E-state index contributed by atoms with van der Waals surface area (Å²) in [6.45, 7) is 3.89. The molecule has 0 aliphatic carbocycles. The van der Waals surface area contributed by atoms with Gasteiger partial charge in [0.15, 0.2) is 0 Å². The third-order valence-corrected chi connectivity index (χ3v) is 2.70. The van der Waals surface area contributed by atoms with E-state index in [-0.39, 0.29) is 11.5 Å². The van der Waals surface area contributed by atoms with Crippen molar-refractivity contribution in [1.29, 1.82) is 0 Å². The summed E-state index contributed by atoms with van der Waals surface area (Å²) in [6, 6.07) is 1.20. The second-order valence-electron chi connectivity index (χ2n) is 4.43. The molecule has 0 bridgehead atoms. The Morgan fingerprint density at radius 3 is 2.90 bits per heavy atom. The number of hydrogen-bond donors (Lipinski definition) is 2. The maximum Gasteiger partial charge on any atom is 0.255 e. The number of halogens is 1. The van der Waals surface area contributed by atoms with Crippen LogP contribution in [0.3, 0.4) is 0 Å². The van der Waals surface area contributed by atoms with E-state index in [4.69, 9.17) is 4.74 Å². The molecule has 20 heavy (non-hydrogen) atoms. The van der Waals surface area contributed by atoms with Crippen LogP contribution in [0.4, 0.5) is 10.2 Å². The van der Waals surface area contributed by atoms with E-state index in [1.54, 1.807) is 7.11 Å². The zero-order valence-electron chi connectivity index (χ0n) is 12.0. The third-order valence-electron chi connectivity index (χ3n) is 2.70. The van der Waals surface area contributed by atoms with Crippen molar-refractivity contribution >= 4 is 11.7 Å². The fraction of sp³-hybridized carbons (Fsp3) is 0.571. The van der Waals surface area contributed by atoms with Crippen molar-refractivity contribution in [1.82, 2.24) is 10.3 Å². The molecule has 2 N–H and O–H groups in total. The molecule has 0 saturated heterocycles. The van der Waals surface area contributed by atoms with E-state index < -0.39 is 5.82 Å². The molecule has 1 rings (SSSR count). The second-order valence-corrected chi connectivity index (χ2v) is 4.43. The van der Waals surface area contributed by atoms with E-state index in [9.17, 15) is 9.18 Å². The van der Waals surface area contributed by atoms with Crippen molar-refractivity contribution in [3.63, 3.8) is 0 Å². The van der Waals surface area contributed by atoms with E-state index >= 15 is 0 Å². The Hall–Kier alpha value is -1.69. The number of pyridine rings is 1. The molecule has 0 radical (unpaired) electrons. The molecule has 1 aromatic heterocycles. The lowest BCUT2D eigenvalue weighted by Gasteiger charge is -2.10. The molecule has 112 valence electrons. The summed E-state index contributed by atoms with van der Waals surface area (Å²) in [4.78, 5) is 16.0. The standard InChI is InChI=1S/C14H22FN3O2/c1-3-6-16-13-12(9-11(15)10-18-13)14(19)17-7-4-5-8-20-2/h9-10H,3-8H2,1-2H3,(H,16,18)(H,17,19). The van der Waals surface area contributed by atoms with Gasteiger partial charge in [0.05, 0.1) is 11.8 Å². The van der Waals surface area contributed by atoms with Gasteiger partial charge in [-0.05, 0) is 25.3 Å². The number of unbranched alkanes of at least 4 members (excludes halogenated alkanes) is 1. The molecule has 0 atom stereocenters. The number of rotatable bonds is 9. The Morgan fingerprint density at radius 2 is 2.20 bits per heavy atom. The smallest absolute Gasteiger partial charge is 0.255 e. The minimum absolute atomic E-state index is 0.241. The van der Waals surface area contributed by atoms with Crippen LogP contribution in [-0.4, -0.2) is 37.7 Å². The summed E-state index contributed by atoms with van der Waals surface area (Å²) < 4.78 is 18.2. The molecule has 1 heterocycles. The highest BCUT2D eigenvalue weighted by molar-refractivity contribution is 5.98. The van der Waals surface area contributed by atoms with Crippen LogP contribution in [-0.2, 0) is 4.74 Å². The van der Waals surface area contributed by atoms with E-state index in [1.165, 1.54) is 6.07 Å². The summed E-state index contributed by atoms with van der Waals surface area (Å²) >= 11 is 0. The number of nitrogens with zero attached hydrogens (tertiary/aromatic N) is 1. The molecule has 0 aliphatic rings. The Balaban J connectivity index is 2.58. The maximum absolute atomic E-state index is 13.2. The lowest BCUT2D eigenvalue weighted by atomic mass is 10.2. The molecule has 0 aromatic carbocycles. The van der Waals surface area contributed by atoms with Crippen molar-refractivity contribution in [2.75, 3.05) is 32.1 Å². The SMILES string of the molecule is CCCNc1ncc(F)cc1C(=O)NCCCCOC. The molecule has 1 aromatic rings. The average Bonchev–Trinajstić information content (AvgIpc) is 2.45. The van der Waals surface area contributed by atoms with Crippen LogP contribution in [0.2, 0.25) is 0 Å². The number of aromatic nitrogens is 1. The van der Waals surface area contributed by atoms with Gasteiger partial charge in [-0.1, -0.05) is 6.92 Å². The summed E-state index contributed by atoms with van der Waals surface area (Å²) in [6.07, 6.45) is 3.70. The normalized spacial score (nSPS) is 10.3. The van der Waals surface area contributed by atoms with Gasteiger partial charge in [0, 0.05) is 26.8 Å². The van der Waals surface area contributed by atoms with Crippen LogP contribution in [0, 0.1) is 5.82 Å². The van der Waals surface area contributed by atoms with Gasteiger partial charge in [-0.2, -0.15) is 0 Å². The quantitative estimate of drug-likeness (QED) is 0.682. The van der Waals surface area contributed by atoms with Crippen LogP contribution < -0.4 is 10.6 Å². The largest absolute Gasteiger partial charge is 0.385 e. The zero-order valence-corrected chi connectivity index (χ0v) is 12.0. The number of methoxy groups -OCH3 is 1. The van der Waals surface area contributed by atoms with E-state index in [1.807, 2.05) is 6.92 Å². The molecule has 0 saturated carbocycles. The highest BCUT2D eigenvalue weighted by atomic mass is 19.1. The highest BCUT2D eigenvalue weighted by Crippen LogP contribution is 2.13. The third kappa shape index (κ3) is 5.52. The van der Waals surface area contributed by atoms with Crippen molar-refractivity contribution < 1.29 is 13.9 Å². The van der Waals surface area contributed by atoms with Crippen LogP contribution in [0.1, 0.15) is 36.5 Å². The molecular weight excluding hydrogens is 261 g/mol. The Kier molecular flexibility index (Phi) is 7.57. The van der Waals surface area contributed by atoms with Gasteiger partial charge < -0.3 is 15.4 Å². The predicted octanol–water partition coefficient (Wildman–Crippen LogP) is 2.20. The summed E-state index contributed by atoms with van der Waals surface area (Å²) in [5.74, 6) is -0.410. The Morgan fingerprint density at radius 1 is 1.40 bits per heavy atom. The number of anilines is 1. The first-order chi connectivity index (χ1) is 9.69. The van der Waals surface area contributed by atoms with Gasteiger partial charge in [0.2, 0.25) is 0 Å². The number of carbonyl (C=O) groups excluding carboxylic acids is 1. The summed E-state index contributed by atoms with van der Waals surface area (Å²) in [5.41, 5.74) is 0.241. The van der Waals surface area contributed by atoms with Crippen LogP contribution >= 0.6 is 0 Å². The lowest BCUT2D eigenvalue weighted by Crippen LogP contribution is -2.26. The number of nitrogens with one attached hydrogen (secondary N) is 2. The minimum Gasteiger partial charge on any atom is -0.385 e.